The Morgan fingerprint density at radius 3 is 2.73 bits per heavy atom. The van der Waals surface area contributed by atoms with E-state index in [0.29, 0.717) is 23.8 Å². The number of aromatic nitrogens is 2. The van der Waals surface area contributed by atoms with Crippen molar-refractivity contribution >= 4 is 22.9 Å². The summed E-state index contributed by atoms with van der Waals surface area (Å²) in [5.41, 5.74) is 0.499. The molecule has 22 heavy (non-hydrogen) atoms. The molecular formula is C14H17FN4O2S. The molecule has 0 atom stereocenters. The van der Waals surface area contributed by atoms with Gasteiger partial charge in [0.05, 0.1) is 13.2 Å². The summed E-state index contributed by atoms with van der Waals surface area (Å²) in [7, 11) is 0. The SMILES string of the molecule is CCN(CCO)Cc1nnc(C(=O)Nc2ccc(F)cc2)s1. The molecule has 2 rings (SSSR count). The molecule has 2 aromatic rings. The summed E-state index contributed by atoms with van der Waals surface area (Å²) < 4.78 is 12.8. The number of nitrogens with zero attached hydrogens (tertiary/aromatic N) is 3. The van der Waals surface area contributed by atoms with E-state index in [1.807, 2.05) is 11.8 Å². The van der Waals surface area contributed by atoms with Crippen molar-refractivity contribution in [3.63, 3.8) is 0 Å². The van der Waals surface area contributed by atoms with Crippen molar-refractivity contribution in [2.45, 2.75) is 13.5 Å². The Bertz CT molecular complexity index is 618. The number of hydrogen-bond donors (Lipinski definition) is 2. The summed E-state index contributed by atoms with van der Waals surface area (Å²) in [5.74, 6) is -0.736. The van der Waals surface area contributed by atoms with E-state index in [9.17, 15) is 9.18 Å². The van der Waals surface area contributed by atoms with Gasteiger partial charge in [-0.15, -0.1) is 10.2 Å². The largest absolute Gasteiger partial charge is 0.395 e. The zero-order valence-corrected chi connectivity index (χ0v) is 12.9. The van der Waals surface area contributed by atoms with Crippen LogP contribution in [0.25, 0.3) is 0 Å². The maximum Gasteiger partial charge on any atom is 0.286 e. The highest BCUT2D eigenvalue weighted by Gasteiger charge is 2.14. The van der Waals surface area contributed by atoms with Crippen LogP contribution in [0.4, 0.5) is 10.1 Å². The van der Waals surface area contributed by atoms with Crippen LogP contribution in [-0.2, 0) is 6.54 Å². The molecule has 118 valence electrons. The first kappa shape index (κ1) is 16.5. The number of carbonyl (C=O) groups excluding carboxylic acids is 1. The molecule has 1 aromatic carbocycles. The van der Waals surface area contributed by atoms with E-state index in [0.717, 1.165) is 6.54 Å². The molecule has 0 aliphatic carbocycles. The first-order chi connectivity index (χ1) is 10.6. The predicted octanol–water partition coefficient (Wildman–Crippen LogP) is 1.74. The Balaban J connectivity index is 1.98. The lowest BCUT2D eigenvalue weighted by atomic mass is 10.3. The van der Waals surface area contributed by atoms with Gasteiger partial charge in [0.15, 0.2) is 0 Å². The number of benzene rings is 1. The molecule has 0 saturated heterocycles. The third kappa shape index (κ3) is 4.55. The highest BCUT2D eigenvalue weighted by atomic mass is 32.1. The molecule has 0 spiro atoms. The van der Waals surface area contributed by atoms with Gasteiger partial charge in [-0.05, 0) is 30.8 Å². The summed E-state index contributed by atoms with van der Waals surface area (Å²) in [6.07, 6.45) is 0. The molecule has 0 saturated carbocycles. The molecule has 0 unspecified atom stereocenters. The van der Waals surface area contributed by atoms with Gasteiger partial charge < -0.3 is 10.4 Å². The molecule has 6 nitrogen and oxygen atoms in total. The second kappa shape index (κ2) is 7.92. The number of rotatable bonds is 7. The maximum atomic E-state index is 12.8. The Labute approximate surface area is 131 Å². The molecule has 1 heterocycles. The maximum absolute atomic E-state index is 12.8. The minimum atomic E-state index is -0.374. The molecule has 1 aromatic heterocycles. The molecular weight excluding hydrogens is 307 g/mol. The van der Waals surface area contributed by atoms with Gasteiger partial charge in [0, 0.05) is 12.2 Å². The van der Waals surface area contributed by atoms with Crippen LogP contribution < -0.4 is 5.32 Å². The summed E-state index contributed by atoms with van der Waals surface area (Å²) in [6.45, 7) is 3.92. The van der Waals surface area contributed by atoms with E-state index < -0.39 is 0 Å². The first-order valence-electron chi connectivity index (χ1n) is 6.85. The van der Waals surface area contributed by atoms with E-state index in [4.69, 9.17) is 5.11 Å². The fraction of sp³-hybridized carbons (Fsp3) is 0.357. The van der Waals surface area contributed by atoms with E-state index in [1.165, 1.54) is 35.6 Å². The van der Waals surface area contributed by atoms with E-state index >= 15 is 0 Å². The quantitative estimate of drug-likeness (QED) is 0.811. The van der Waals surface area contributed by atoms with Crippen molar-refractivity contribution in [3.8, 4) is 0 Å². The number of hydrogen-bond acceptors (Lipinski definition) is 6. The number of nitrogens with one attached hydrogen (secondary N) is 1. The second-order valence-corrected chi connectivity index (χ2v) is 5.62. The van der Waals surface area contributed by atoms with Crippen LogP contribution in [0.2, 0.25) is 0 Å². The number of anilines is 1. The Kier molecular flexibility index (Phi) is 5.93. The predicted molar refractivity (Wildman–Crippen MR) is 82.3 cm³/mol. The summed E-state index contributed by atoms with van der Waals surface area (Å²) in [4.78, 5) is 14.0. The number of aliphatic hydroxyl groups excluding tert-OH is 1. The number of carbonyl (C=O) groups is 1. The van der Waals surface area contributed by atoms with Crippen LogP contribution in [0.5, 0.6) is 0 Å². The van der Waals surface area contributed by atoms with Crippen LogP contribution in [0.15, 0.2) is 24.3 Å². The van der Waals surface area contributed by atoms with E-state index in [2.05, 4.69) is 15.5 Å². The summed E-state index contributed by atoms with van der Waals surface area (Å²) >= 11 is 1.20. The Morgan fingerprint density at radius 1 is 1.36 bits per heavy atom. The fourth-order valence-corrected chi connectivity index (χ4v) is 2.59. The zero-order valence-electron chi connectivity index (χ0n) is 12.1. The highest BCUT2D eigenvalue weighted by Crippen LogP contribution is 2.15. The van der Waals surface area contributed by atoms with Gasteiger partial charge in [0.1, 0.15) is 10.8 Å². The second-order valence-electron chi connectivity index (χ2n) is 4.55. The average Bonchev–Trinajstić information content (AvgIpc) is 2.98. The number of amides is 1. The molecule has 0 aliphatic heterocycles. The van der Waals surface area contributed by atoms with Crippen molar-refractivity contribution in [2.24, 2.45) is 0 Å². The topological polar surface area (TPSA) is 78.3 Å². The van der Waals surface area contributed by atoms with Gasteiger partial charge in [0.25, 0.3) is 5.91 Å². The van der Waals surface area contributed by atoms with Crippen molar-refractivity contribution in [1.29, 1.82) is 0 Å². The molecule has 0 fully saturated rings. The van der Waals surface area contributed by atoms with Gasteiger partial charge in [-0.2, -0.15) is 0 Å². The third-order valence-corrected chi connectivity index (χ3v) is 3.89. The van der Waals surface area contributed by atoms with Crippen molar-refractivity contribution in [1.82, 2.24) is 15.1 Å². The first-order valence-corrected chi connectivity index (χ1v) is 7.66. The highest BCUT2D eigenvalue weighted by molar-refractivity contribution is 7.13. The van der Waals surface area contributed by atoms with Crippen LogP contribution in [-0.4, -0.2) is 45.8 Å². The molecule has 1 amide bonds. The van der Waals surface area contributed by atoms with Crippen molar-refractivity contribution in [3.05, 3.63) is 40.1 Å². The lowest BCUT2D eigenvalue weighted by Crippen LogP contribution is -2.25. The standard InChI is InChI=1S/C14H17FN4O2S/c1-2-19(7-8-20)9-12-17-18-14(22-12)13(21)16-11-5-3-10(15)4-6-11/h3-6,20H,2,7-9H2,1H3,(H,16,21). The lowest BCUT2D eigenvalue weighted by Gasteiger charge is -2.16. The van der Waals surface area contributed by atoms with Crippen LogP contribution in [0.3, 0.4) is 0 Å². The molecule has 8 heteroatoms. The molecule has 0 aliphatic rings. The molecule has 2 N–H and O–H groups in total. The minimum absolute atomic E-state index is 0.0740. The van der Waals surface area contributed by atoms with E-state index in [1.54, 1.807) is 0 Å². The van der Waals surface area contributed by atoms with E-state index in [-0.39, 0.29) is 23.3 Å². The van der Waals surface area contributed by atoms with Gasteiger partial charge in [-0.25, -0.2) is 4.39 Å². The van der Waals surface area contributed by atoms with Crippen LogP contribution in [0.1, 0.15) is 21.7 Å². The molecule has 0 bridgehead atoms. The van der Waals surface area contributed by atoms with Gasteiger partial charge in [0.2, 0.25) is 5.01 Å². The smallest absolute Gasteiger partial charge is 0.286 e. The van der Waals surface area contributed by atoms with Gasteiger partial charge in [-0.1, -0.05) is 18.3 Å². The Hall–Kier alpha value is -1.90. The number of aliphatic hydroxyl groups is 1. The normalized spacial score (nSPS) is 10.9. The monoisotopic (exact) mass is 324 g/mol. The van der Waals surface area contributed by atoms with Crippen molar-refractivity contribution in [2.75, 3.05) is 25.0 Å². The zero-order chi connectivity index (χ0) is 15.9. The van der Waals surface area contributed by atoms with Crippen LogP contribution in [0, 0.1) is 5.82 Å². The fourth-order valence-electron chi connectivity index (χ4n) is 1.81. The van der Waals surface area contributed by atoms with Gasteiger partial charge >= 0.3 is 0 Å². The van der Waals surface area contributed by atoms with Crippen LogP contribution >= 0.6 is 11.3 Å². The lowest BCUT2D eigenvalue weighted by molar-refractivity contribution is 0.102. The minimum Gasteiger partial charge on any atom is -0.395 e. The van der Waals surface area contributed by atoms with Gasteiger partial charge in [-0.3, -0.25) is 9.69 Å². The van der Waals surface area contributed by atoms with Crippen molar-refractivity contribution < 1.29 is 14.3 Å². The average molecular weight is 324 g/mol. The third-order valence-electron chi connectivity index (χ3n) is 2.99. The Morgan fingerprint density at radius 2 is 2.09 bits per heavy atom. The summed E-state index contributed by atoms with van der Waals surface area (Å²) in [5, 5.41) is 20.4. The number of halogens is 1. The summed E-state index contributed by atoms with van der Waals surface area (Å²) in [6, 6.07) is 5.51. The molecule has 0 radical (unpaired) electrons. The number of likely N-dealkylation sites (N-methyl/N-ethyl adjacent to an activating group) is 1.